The number of carbonyl (C=O) groups excluding carboxylic acids is 1. The van der Waals surface area contributed by atoms with Crippen LogP contribution in [0.2, 0.25) is 0 Å². The summed E-state index contributed by atoms with van der Waals surface area (Å²) in [5.41, 5.74) is 5.22. The Balaban J connectivity index is 1.22. The van der Waals surface area contributed by atoms with Crippen LogP contribution in [0.5, 0.6) is 0 Å². The number of rotatable bonds is 6. The summed E-state index contributed by atoms with van der Waals surface area (Å²) in [5, 5.41) is 4.00. The molecule has 1 fully saturated rings. The molecule has 3 aromatic carbocycles. The molecule has 5 heteroatoms. The van der Waals surface area contributed by atoms with Crippen molar-refractivity contribution in [2.75, 3.05) is 31.1 Å². The van der Waals surface area contributed by atoms with Gasteiger partial charge in [0.2, 0.25) is 0 Å². The topological polar surface area (TPSA) is 48.5 Å². The minimum absolute atomic E-state index is 0.0696. The lowest BCUT2D eigenvalue weighted by Gasteiger charge is -2.36. The highest BCUT2D eigenvalue weighted by molar-refractivity contribution is 6.05. The number of benzene rings is 3. The maximum atomic E-state index is 12.9. The van der Waals surface area contributed by atoms with Crippen molar-refractivity contribution in [1.29, 1.82) is 0 Å². The van der Waals surface area contributed by atoms with E-state index in [2.05, 4.69) is 68.6 Å². The van der Waals surface area contributed by atoms with Crippen LogP contribution in [0.25, 0.3) is 10.9 Å². The van der Waals surface area contributed by atoms with Crippen molar-refractivity contribution in [3.63, 3.8) is 0 Å². The second-order valence-corrected chi connectivity index (χ2v) is 8.43. The van der Waals surface area contributed by atoms with Gasteiger partial charge < -0.3 is 10.2 Å². The van der Waals surface area contributed by atoms with Gasteiger partial charge in [-0.25, -0.2) is 0 Å². The molecule has 5 rings (SSSR count). The molecule has 0 aliphatic carbocycles. The molecule has 0 atom stereocenters. The Morgan fingerprint density at radius 3 is 2.30 bits per heavy atom. The molecular formula is C28H28N4O. The van der Waals surface area contributed by atoms with Crippen molar-refractivity contribution in [3.05, 3.63) is 108 Å². The first-order chi connectivity index (χ1) is 16.3. The fraction of sp³-hybridized carbons (Fsp3) is 0.214. The maximum Gasteiger partial charge on any atom is 0.252 e. The average Bonchev–Trinajstić information content (AvgIpc) is 2.88. The summed E-state index contributed by atoms with van der Waals surface area (Å²) in [4.78, 5) is 22.2. The van der Waals surface area contributed by atoms with Gasteiger partial charge in [0.25, 0.3) is 5.91 Å². The van der Waals surface area contributed by atoms with Crippen molar-refractivity contribution in [2.45, 2.75) is 13.1 Å². The molecule has 1 aliphatic rings. The maximum absolute atomic E-state index is 12.9. The van der Waals surface area contributed by atoms with E-state index in [0.717, 1.165) is 49.2 Å². The second kappa shape index (κ2) is 9.84. The summed E-state index contributed by atoms with van der Waals surface area (Å²) in [7, 11) is 0. The number of nitrogens with zero attached hydrogens (tertiary/aromatic N) is 3. The van der Waals surface area contributed by atoms with Crippen LogP contribution in [-0.4, -0.2) is 42.0 Å². The van der Waals surface area contributed by atoms with E-state index in [-0.39, 0.29) is 5.91 Å². The first-order valence-electron chi connectivity index (χ1n) is 11.5. The van der Waals surface area contributed by atoms with Gasteiger partial charge in [-0.3, -0.25) is 14.7 Å². The number of hydrogen-bond donors (Lipinski definition) is 1. The lowest BCUT2D eigenvalue weighted by atomic mass is 10.1. The normalized spacial score (nSPS) is 14.4. The number of carbonyl (C=O) groups is 1. The van der Waals surface area contributed by atoms with E-state index in [1.54, 1.807) is 12.3 Å². The van der Waals surface area contributed by atoms with Crippen LogP contribution in [0.15, 0.2) is 91.1 Å². The Morgan fingerprint density at radius 1 is 0.788 bits per heavy atom. The molecule has 2 heterocycles. The molecule has 0 bridgehead atoms. The van der Waals surface area contributed by atoms with Crippen LogP contribution in [0.1, 0.15) is 21.5 Å². The molecule has 5 nitrogen and oxygen atoms in total. The van der Waals surface area contributed by atoms with Crippen molar-refractivity contribution in [3.8, 4) is 0 Å². The van der Waals surface area contributed by atoms with E-state index in [4.69, 9.17) is 0 Å². The summed E-state index contributed by atoms with van der Waals surface area (Å²) in [5.74, 6) is -0.0696. The molecule has 1 N–H and O–H groups in total. The minimum atomic E-state index is -0.0696. The Kier molecular flexibility index (Phi) is 6.31. The molecule has 1 aromatic heterocycles. The van der Waals surface area contributed by atoms with Gasteiger partial charge in [-0.05, 0) is 35.4 Å². The first-order valence-corrected chi connectivity index (χ1v) is 11.5. The van der Waals surface area contributed by atoms with Gasteiger partial charge in [-0.1, -0.05) is 60.7 Å². The van der Waals surface area contributed by atoms with Crippen LogP contribution in [0.3, 0.4) is 0 Å². The van der Waals surface area contributed by atoms with Gasteiger partial charge in [0.15, 0.2) is 0 Å². The quantitative estimate of drug-likeness (QED) is 0.484. The Labute approximate surface area is 194 Å². The minimum Gasteiger partial charge on any atom is -0.369 e. The molecule has 33 heavy (non-hydrogen) atoms. The molecule has 166 valence electrons. The van der Waals surface area contributed by atoms with Crippen LogP contribution in [0.4, 0.5) is 5.69 Å². The summed E-state index contributed by atoms with van der Waals surface area (Å²) < 4.78 is 0. The number of aromatic nitrogens is 1. The molecule has 0 saturated carbocycles. The van der Waals surface area contributed by atoms with Gasteiger partial charge in [0.05, 0.1) is 11.1 Å². The van der Waals surface area contributed by atoms with Gasteiger partial charge >= 0.3 is 0 Å². The SMILES string of the molecule is O=C(NCc1ccccc1CN1CCN(c2ccccc2)CC1)c1ccnc2ccccc12. The fourth-order valence-corrected chi connectivity index (χ4v) is 4.49. The third-order valence-electron chi connectivity index (χ3n) is 6.34. The van der Waals surface area contributed by atoms with Crippen molar-refractivity contribution < 1.29 is 4.79 Å². The molecule has 1 amide bonds. The lowest BCUT2D eigenvalue weighted by molar-refractivity contribution is 0.0952. The van der Waals surface area contributed by atoms with Gasteiger partial charge in [-0.2, -0.15) is 0 Å². The molecule has 1 aliphatic heterocycles. The van der Waals surface area contributed by atoms with E-state index in [0.29, 0.717) is 12.1 Å². The predicted molar refractivity (Wildman–Crippen MR) is 133 cm³/mol. The molecule has 0 radical (unpaired) electrons. The largest absolute Gasteiger partial charge is 0.369 e. The Bertz CT molecular complexity index is 1230. The van der Waals surface area contributed by atoms with Gasteiger partial charge in [0.1, 0.15) is 0 Å². The zero-order chi connectivity index (χ0) is 22.5. The molecule has 0 spiro atoms. The lowest BCUT2D eigenvalue weighted by Crippen LogP contribution is -2.46. The second-order valence-electron chi connectivity index (χ2n) is 8.43. The number of nitrogens with one attached hydrogen (secondary N) is 1. The zero-order valence-corrected chi connectivity index (χ0v) is 18.7. The highest BCUT2D eigenvalue weighted by Crippen LogP contribution is 2.19. The number of piperazine rings is 1. The van der Waals surface area contributed by atoms with Crippen LogP contribution >= 0.6 is 0 Å². The standard InChI is InChI=1S/C28H28N4O/c33-28(26-14-15-29-27-13-7-6-12-25(26)27)30-20-22-8-4-5-9-23(22)21-31-16-18-32(19-17-31)24-10-2-1-3-11-24/h1-15H,16-21H2,(H,30,33). The van der Waals surface area contributed by atoms with Crippen LogP contribution < -0.4 is 10.2 Å². The van der Waals surface area contributed by atoms with E-state index < -0.39 is 0 Å². The number of fused-ring (bicyclic) bond motifs is 1. The van der Waals surface area contributed by atoms with E-state index in [9.17, 15) is 4.79 Å². The predicted octanol–water partition coefficient (Wildman–Crippen LogP) is 4.49. The van der Waals surface area contributed by atoms with Crippen LogP contribution in [-0.2, 0) is 13.1 Å². The Hall–Kier alpha value is -3.70. The highest BCUT2D eigenvalue weighted by atomic mass is 16.1. The van der Waals surface area contributed by atoms with Crippen molar-refractivity contribution in [2.24, 2.45) is 0 Å². The summed E-state index contributed by atoms with van der Waals surface area (Å²) in [6.45, 7) is 5.51. The number of amides is 1. The number of anilines is 1. The molecule has 0 unspecified atom stereocenters. The van der Waals surface area contributed by atoms with Gasteiger partial charge in [0, 0.05) is 56.5 Å². The van der Waals surface area contributed by atoms with Crippen molar-refractivity contribution in [1.82, 2.24) is 15.2 Å². The summed E-state index contributed by atoms with van der Waals surface area (Å²) in [6, 6.07) is 28.6. The van der Waals surface area contributed by atoms with Gasteiger partial charge in [-0.15, -0.1) is 0 Å². The third-order valence-corrected chi connectivity index (χ3v) is 6.34. The number of para-hydroxylation sites is 2. The fourth-order valence-electron chi connectivity index (χ4n) is 4.49. The van der Waals surface area contributed by atoms with E-state index >= 15 is 0 Å². The summed E-state index contributed by atoms with van der Waals surface area (Å²) in [6.07, 6.45) is 1.69. The van der Waals surface area contributed by atoms with E-state index in [1.807, 2.05) is 30.3 Å². The van der Waals surface area contributed by atoms with E-state index in [1.165, 1.54) is 11.3 Å². The monoisotopic (exact) mass is 436 g/mol. The molecule has 4 aromatic rings. The molecule has 1 saturated heterocycles. The highest BCUT2D eigenvalue weighted by Gasteiger charge is 2.18. The smallest absolute Gasteiger partial charge is 0.252 e. The average molecular weight is 437 g/mol. The molecular weight excluding hydrogens is 408 g/mol. The number of pyridine rings is 1. The zero-order valence-electron chi connectivity index (χ0n) is 18.7. The Morgan fingerprint density at radius 2 is 1.48 bits per heavy atom. The van der Waals surface area contributed by atoms with Crippen LogP contribution in [0, 0.1) is 0 Å². The van der Waals surface area contributed by atoms with Crippen molar-refractivity contribution >= 4 is 22.5 Å². The summed E-state index contributed by atoms with van der Waals surface area (Å²) >= 11 is 0. The third kappa shape index (κ3) is 4.89. The number of hydrogen-bond acceptors (Lipinski definition) is 4. The first kappa shape index (κ1) is 21.2.